The van der Waals surface area contributed by atoms with Crippen LogP contribution < -0.4 is 10.6 Å². The third-order valence-corrected chi connectivity index (χ3v) is 3.61. The van der Waals surface area contributed by atoms with Gasteiger partial charge in [-0.3, -0.25) is 4.98 Å². The van der Waals surface area contributed by atoms with Crippen LogP contribution in [0.15, 0.2) is 42.6 Å². The quantitative estimate of drug-likeness (QED) is 0.851. The first kappa shape index (κ1) is 12.1. The summed E-state index contributed by atoms with van der Waals surface area (Å²) in [7, 11) is 0. The maximum absolute atomic E-state index is 5.78. The van der Waals surface area contributed by atoms with Crippen LogP contribution in [-0.4, -0.2) is 16.5 Å². The van der Waals surface area contributed by atoms with E-state index in [-0.39, 0.29) is 0 Å². The fourth-order valence-electron chi connectivity index (χ4n) is 2.59. The van der Waals surface area contributed by atoms with Crippen LogP contribution in [0.25, 0.3) is 0 Å². The molecule has 1 aromatic carbocycles. The number of nitrogens with zero attached hydrogens (tertiary/aromatic N) is 2. The molecular weight excluding hydrogens is 254 g/mol. The number of pyridine rings is 1. The Labute approximate surface area is 118 Å². The summed E-state index contributed by atoms with van der Waals surface area (Å²) in [5.74, 6) is 0. The van der Waals surface area contributed by atoms with Crippen LogP contribution in [0, 0.1) is 0 Å². The Morgan fingerprint density at radius 1 is 1.16 bits per heavy atom. The minimum Gasteiger partial charge on any atom is -0.388 e. The molecule has 0 saturated carbocycles. The number of aryl methyl sites for hydroxylation is 1. The van der Waals surface area contributed by atoms with Crippen molar-refractivity contribution < 1.29 is 0 Å². The topological polar surface area (TPSA) is 42.1 Å². The number of aromatic nitrogens is 1. The molecule has 2 aromatic rings. The average molecular weight is 269 g/mol. The minimum atomic E-state index is 0.346. The summed E-state index contributed by atoms with van der Waals surface area (Å²) in [6.07, 6.45) is 3.98. The predicted molar refractivity (Wildman–Crippen MR) is 81.9 cm³/mol. The second-order valence-electron chi connectivity index (χ2n) is 4.62. The zero-order valence-corrected chi connectivity index (χ0v) is 11.4. The molecule has 0 bridgehead atoms. The number of benzene rings is 1. The number of para-hydroxylation sites is 1. The van der Waals surface area contributed by atoms with Gasteiger partial charge in [0.1, 0.15) is 10.7 Å². The molecule has 3 nitrogen and oxygen atoms in total. The van der Waals surface area contributed by atoms with Gasteiger partial charge in [0.05, 0.1) is 5.69 Å². The standard InChI is InChI=1S/C15H15N3S/c16-15(19)14-13(8-3-9-17-14)18-10-4-6-11-5-1-2-7-12(11)18/h1-3,5,7-9H,4,6,10H2,(H2,16,19). The van der Waals surface area contributed by atoms with Crippen molar-refractivity contribution in [1.29, 1.82) is 0 Å². The highest BCUT2D eigenvalue weighted by molar-refractivity contribution is 7.80. The van der Waals surface area contributed by atoms with Gasteiger partial charge < -0.3 is 10.6 Å². The largest absolute Gasteiger partial charge is 0.388 e. The van der Waals surface area contributed by atoms with Crippen molar-refractivity contribution in [3.05, 3.63) is 53.9 Å². The molecule has 0 aliphatic carbocycles. The Morgan fingerprint density at radius 3 is 2.79 bits per heavy atom. The van der Waals surface area contributed by atoms with Gasteiger partial charge in [-0.2, -0.15) is 0 Å². The van der Waals surface area contributed by atoms with Gasteiger partial charge in [-0.25, -0.2) is 0 Å². The number of fused-ring (bicyclic) bond motifs is 1. The van der Waals surface area contributed by atoms with E-state index in [2.05, 4.69) is 34.1 Å². The van der Waals surface area contributed by atoms with E-state index in [0.717, 1.165) is 25.1 Å². The lowest BCUT2D eigenvalue weighted by molar-refractivity contribution is 0.765. The van der Waals surface area contributed by atoms with Crippen LogP contribution in [0.3, 0.4) is 0 Å². The van der Waals surface area contributed by atoms with E-state index in [1.807, 2.05) is 12.1 Å². The number of hydrogen-bond acceptors (Lipinski definition) is 3. The van der Waals surface area contributed by atoms with E-state index in [1.54, 1.807) is 6.20 Å². The zero-order chi connectivity index (χ0) is 13.2. The first-order chi connectivity index (χ1) is 9.27. The van der Waals surface area contributed by atoms with Crippen molar-refractivity contribution in [2.75, 3.05) is 11.4 Å². The maximum atomic E-state index is 5.78. The summed E-state index contributed by atoms with van der Waals surface area (Å²) >= 11 is 5.11. The zero-order valence-electron chi connectivity index (χ0n) is 10.5. The molecular formula is C15H15N3S. The summed E-state index contributed by atoms with van der Waals surface area (Å²) in [5.41, 5.74) is 10.1. The Morgan fingerprint density at radius 2 is 1.95 bits per heavy atom. The summed E-state index contributed by atoms with van der Waals surface area (Å²) in [6.45, 7) is 0.971. The van der Waals surface area contributed by atoms with Gasteiger partial charge in [-0.05, 0) is 36.6 Å². The lowest BCUT2D eigenvalue weighted by Gasteiger charge is -2.32. The molecule has 4 heteroatoms. The van der Waals surface area contributed by atoms with Crippen molar-refractivity contribution in [3.63, 3.8) is 0 Å². The van der Waals surface area contributed by atoms with Crippen molar-refractivity contribution in [3.8, 4) is 0 Å². The third-order valence-electron chi connectivity index (χ3n) is 3.42. The monoisotopic (exact) mass is 269 g/mol. The molecule has 1 aromatic heterocycles. The average Bonchev–Trinajstić information content (AvgIpc) is 2.46. The fraction of sp³-hybridized carbons (Fsp3) is 0.200. The van der Waals surface area contributed by atoms with Gasteiger partial charge in [0, 0.05) is 18.4 Å². The molecule has 0 spiro atoms. The molecule has 0 atom stereocenters. The summed E-state index contributed by atoms with van der Waals surface area (Å²) in [5, 5.41) is 0. The molecule has 2 N–H and O–H groups in total. The first-order valence-corrected chi connectivity index (χ1v) is 6.78. The SMILES string of the molecule is NC(=S)c1ncccc1N1CCCc2ccccc21. The molecule has 0 saturated heterocycles. The van der Waals surface area contributed by atoms with Gasteiger partial charge in [0.15, 0.2) is 0 Å². The maximum Gasteiger partial charge on any atom is 0.124 e. The number of anilines is 2. The predicted octanol–water partition coefficient (Wildman–Crippen LogP) is 2.80. The minimum absolute atomic E-state index is 0.346. The van der Waals surface area contributed by atoms with Crippen molar-refractivity contribution in [1.82, 2.24) is 4.98 Å². The van der Waals surface area contributed by atoms with Crippen molar-refractivity contribution >= 4 is 28.6 Å². The highest BCUT2D eigenvalue weighted by Gasteiger charge is 2.20. The Hall–Kier alpha value is -1.94. The van der Waals surface area contributed by atoms with Crippen LogP contribution in [-0.2, 0) is 6.42 Å². The first-order valence-electron chi connectivity index (χ1n) is 6.37. The number of rotatable bonds is 2. The Balaban J connectivity index is 2.12. The van der Waals surface area contributed by atoms with Gasteiger partial charge >= 0.3 is 0 Å². The van der Waals surface area contributed by atoms with Gasteiger partial charge in [0.2, 0.25) is 0 Å². The lowest BCUT2D eigenvalue weighted by atomic mass is 10.0. The number of nitrogens with two attached hydrogens (primary N) is 1. The molecule has 0 radical (unpaired) electrons. The van der Waals surface area contributed by atoms with Gasteiger partial charge in [-0.1, -0.05) is 30.4 Å². The Bertz CT molecular complexity index is 624. The third kappa shape index (κ3) is 2.19. The normalized spacial score (nSPS) is 14.0. The summed E-state index contributed by atoms with van der Waals surface area (Å²) < 4.78 is 0. The highest BCUT2D eigenvalue weighted by atomic mass is 32.1. The second-order valence-corrected chi connectivity index (χ2v) is 5.06. The lowest BCUT2D eigenvalue weighted by Crippen LogP contribution is -2.27. The molecule has 0 unspecified atom stereocenters. The van der Waals surface area contributed by atoms with E-state index in [9.17, 15) is 0 Å². The Kier molecular flexibility index (Phi) is 3.17. The van der Waals surface area contributed by atoms with Crippen LogP contribution in [0.5, 0.6) is 0 Å². The molecule has 1 aliphatic rings. The summed E-state index contributed by atoms with van der Waals surface area (Å²) in [6, 6.07) is 12.4. The highest BCUT2D eigenvalue weighted by Crippen LogP contribution is 2.34. The molecule has 96 valence electrons. The number of thiocarbonyl (C=S) groups is 1. The molecule has 0 amide bonds. The summed E-state index contributed by atoms with van der Waals surface area (Å²) in [4.78, 5) is 6.93. The van der Waals surface area contributed by atoms with E-state index < -0.39 is 0 Å². The molecule has 2 heterocycles. The van der Waals surface area contributed by atoms with Crippen LogP contribution in [0.4, 0.5) is 11.4 Å². The number of hydrogen-bond donors (Lipinski definition) is 1. The van der Waals surface area contributed by atoms with Crippen molar-refractivity contribution in [2.24, 2.45) is 5.73 Å². The second kappa shape index (κ2) is 4.97. The molecule has 19 heavy (non-hydrogen) atoms. The van der Waals surface area contributed by atoms with E-state index in [0.29, 0.717) is 10.7 Å². The van der Waals surface area contributed by atoms with Gasteiger partial charge in [-0.15, -0.1) is 0 Å². The van der Waals surface area contributed by atoms with Crippen molar-refractivity contribution in [2.45, 2.75) is 12.8 Å². The van der Waals surface area contributed by atoms with Crippen LogP contribution in [0.2, 0.25) is 0 Å². The van der Waals surface area contributed by atoms with Crippen LogP contribution >= 0.6 is 12.2 Å². The van der Waals surface area contributed by atoms with Crippen LogP contribution in [0.1, 0.15) is 17.7 Å². The van der Waals surface area contributed by atoms with E-state index in [1.165, 1.54) is 11.3 Å². The molecule has 3 rings (SSSR count). The van der Waals surface area contributed by atoms with E-state index in [4.69, 9.17) is 18.0 Å². The fourth-order valence-corrected chi connectivity index (χ4v) is 2.75. The smallest absolute Gasteiger partial charge is 0.124 e. The van der Waals surface area contributed by atoms with Gasteiger partial charge in [0.25, 0.3) is 0 Å². The molecule has 0 fully saturated rings. The van der Waals surface area contributed by atoms with E-state index >= 15 is 0 Å². The molecule has 1 aliphatic heterocycles.